The maximum atomic E-state index is 6.13. The Bertz CT molecular complexity index is 372. The van der Waals surface area contributed by atoms with Gasteiger partial charge in [-0.3, -0.25) is 0 Å². The molecule has 0 amide bonds. The fourth-order valence-corrected chi connectivity index (χ4v) is 3.02. The van der Waals surface area contributed by atoms with E-state index in [2.05, 4.69) is 22.9 Å². The molecular formula is C14H18BrClO. The molecule has 0 aliphatic heterocycles. The van der Waals surface area contributed by atoms with E-state index in [9.17, 15) is 0 Å². The molecule has 3 heteroatoms. The van der Waals surface area contributed by atoms with Gasteiger partial charge in [-0.05, 0) is 53.6 Å². The van der Waals surface area contributed by atoms with E-state index >= 15 is 0 Å². The van der Waals surface area contributed by atoms with Crippen LogP contribution >= 0.6 is 27.5 Å². The molecule has 0 heterocycles. The first kappa shape index (κ1) is 13.2. The maximum Gasteiger partial charge on any atom is 0.138 e. The monoisotopic (exact) mass is 316 g/mol. The molecule has 0 N–H and O–H groups in total. The molecule has 1 aliphatic carbocycles. The zero-order valence-electron chi connectivity index (χ0n) is 10.1. The van der Waals surface area contributed by atoms with Crippen molar-refractivity contribution in [3.63, 3.8) is 0 Å². The van der Waals surface area contributed by atoms with Crippen LogP contribution in [0.25, 0.3) is 0 Å². The van der Waals surface area contributed by atoms with Crippen molar-refractivity contribution in [2.75, 3.05) is 0 Å². The highest BCUT2D eigenvalue weighted by molar-refractivity contribution is 9.10. The van der Waals surface area contributed by atoms with Gasteiger partial charge < -0.3 is 4.74 Å². The molecule has 17 heavy (non-hydrogen) atoms. The minimum Gasteiger partial charge on any atom is -0.489 e. The molecule has 0 saturated heterocycles. The molecule has 1 aromatic rings. The van der Waals surface area contributed by atoms with Crippen molar-refractivity contribution in [1.29, 1.82) is 0 Å². The van der Waals surface area contributed by atoms with E-state index in [1.54, 1.807) is 0 Å². The lowest BCUT2D eigenvalue weighted by atomic mass is 9.89. The molecule has 1 saturated carbocycles. The zero-order valence-corrected chi connectivity index (χ0v) is 12.4. The first-order valence-electron chi connectivity index (χ1n) is 6.20. The van der Waals surface area contributed by atoms with Gasteiger partial charge in [-0.15, -0.1) is 11.6 Å². The van der Waals surface area contributed by atoms with Crippen LogP contribution in [0.2, 0.25) is 0 Å². The summed E-state index contributed by atoms with van der Waals surface area (Å²) >= 11 is 9.49. The Morgan fingerprint density at radius 3 is 2.65 bits per heavy atom. The summed E-state index contributed by atoms with van der Waals surface area (Å²) in [6.45, 7) is 2.32. The molecule has 94 valence electrons. The first-order chi connectivity index (χ1) is 8.20. The first-order valence-corrected chi connectivity index (χ1v) is 7.53. The van der Waals surface area contributed by atoms with Gasteiger partial charge in [-0.2, -0.15) is 0 Å². The highest BCUT2D eigenvalue weighted by Gasteiger charge is 2.21. The third kappa shape index (κ3) is 3.38. The average molecular weight is 318 g/mol. The van der Waals surface area contributed by atoms with Crippen molar-refractivity contribution in [2.24, 2.45) is 5.92 Å². The lowest BCUT2D eigenvalue weighted by Crippen LogP contribution is -2.23. The van der Waals surface area contributed by atoms with Gasteiger partial charge in [-0.25, -0.2) is 0 Å². The van der Waals surface area contributed by atoms with Crippen LogP contribution in [-0.4, -0.2) is 6.10 Å². The summed E-state index contributed by atoms with van der Waals surface area (Å²) in [5.74, 6) is 2.28. The molecule has 0 radical (unpaired) electrons. The van der Waals surface area contributed by atoms with Gasteiger partial charge in [0.15, 0.2) is 0 Å². The number of ether oxygens (including phenoxy) is 1. The second-order valence-corrected chi connectivity index (χ2v) is 5.98. The minimum absolute atomic E-state index is 0.354. The summed E-state index contributed by atoms with van der Waals surface area (Å²) in [4.78, 5) is 0. The summed E-state index contributed by atoms with van der Waals surface area (Å²) in [6, 6.07) is 6.03. The quantitative estimate of drug-likeness (QED) is 0.701. The van der Waals surface area contributed by atoms with Crippen LogP contribution in [0.3, 0.4) is 0 Å². The van der Waals surface area contributed by atoms with Gasteiger partial charge in [0.1, 0.15) is 5.75 Å². The smallest absolute Gasteiger partial charge is 0.138 e. The van der Waals surface area contributed by atoms with E-state index < -0.39 is 0 Å². The van der Waals surface area contributed by atoms with Crippen LogP contribution in [0.4, 0.5) is 0 Å². The Hall–Kier alpha value is -0.210. The van der Waals surface area contributed by atoms with Gasteiger partial charge in [-0.1, -0.05) is 19.1 Å². The number of rotatable bonds is 3. The summed E-state index contributed by atoms with van der Waals surface area (Å²) in [6.07, 6.45) is 5.21. The van der Waals surface area contributed by atoms with Crippen molar-refractivity contribution in [3.8, 4) is 5.75 Å². The van der Waals surface area contributed by atoms with Crippen LogP contribution in [0.5, 0.6) is 5.75 Å². The van der Waals surface area contributed by atoms with Crippen LogP contribution in [0, 0.1) is 5.92 Å². The van der Waals surface area contributed by atoms with Gasteiger partial charge in [0.2, 0.25) is 0 Å². The van der Waals surface area contributed by atoms with Crippen LogP contribution in [0.1, 0.15) is 38.2 Å². The molecule has 2 rings (SSSR count). The molecule has 1 aliphatic rings. The Morgan fingerprint density at radius 1 is 1.29 bits per heavy atom. The average Bonchev–Trinajstić information content (AvgIpc) is 2.34. The van der Waals surface area contributed by atoms with Crippen LogP contribution < -0.4 is 4.74 Å². The van der Waals surface area contributed by atoms with E-state index in [1.165, 1.54) is 12.8 Å². The Kier molecular flexibility index (Phi) is 4.75. The summed E-state index contributed by atoms with van der Waals surface area (Å²) in [5.41, 5.74) is 1.07. The van der Waals surface area contributed by atoms with Crippen molar-refractivity contribution < 1.29 is 4.74 Å². The number of hydrogen-bond acceptors (Lipinski definition) is 1. The number of para-hydroxylation sites is 1. The highest BCUT2D eigenvalue weighted by atomic mass is 79.9. The SMILES string of the molecule is CC1CCC(Oc2c(Br)cccc2CCl)CC1. The second kappa shape index (κ2) is 6.10. The minimum atomic E-state index is 0.354. The largest absolute Gasteiger partial charge is 0.489 e. The normalized spacial score (nSPS) is 24.6. The molecule has 0 aromatic heterocycles. The van der Waals surface area contributed by atoms with Crippen LogP contribution in [-0.2, 0) is 5.88 Å². The number of alkyl halides is 1. The number of halogens is 2. The standard InChI is InChI=1S/C14H18BrClO/c1-10-5-7-12(8-6-10)17-14-11(9-16)3-2-4-13(14)15/h2-4,10,12H,5-9H2,1H3. The fourth-order valence-electron chi connectivity index (χ4n) is 2.30. The second-order valence-electron chi connectivity index (χ2n) is 4.86. The van der Waals surface area contributed by atoms with Gasteiger partial charge in [0.25, 0.3) is 0 Å². The molecule has 0 spiro atoms. The van der Waals surface area contributed by atoms with Crippen molar-refractivity contribution in [1.82, 2.24) is 0 Å². The highest BCUT2D eigenvalue weighted by Crippen LogP contribution is 2.34. The number of hydrogen-bond donors (Lipinski definition) is 0. The van der Waals surface area contributed by atoms with Gasteiger partial charge in [0.05, 0.1) is 16.5 Å². The van der Waals surface area contributed by atoms with E-state index in [0.717, 1.165) is 34.5 Å². The molecule has 0 unspecified atom stereocenters. The van der Waals surface area contributed by atoms with Gasteiger partial charge >= 0.3 is 0 Å². The summed E-state index contributed by atoms with van der Waals surface area (Å²) < 4.78 is 7.13. The molecule has 1 aromatic carbocycles. The summed E-state index contributed by atoms with van der Waals surface area (Å²) in [7, 11) is 0. The van der Waals surface area contributed by atoms with Crippen LogP contribution in [0.15, 0.2) is 22.7 Å². The van der Waals surface area contributed by atoms with Crippen molar-refractivity contribution in [3.05, 3.63) is 28.2 Å². The maximum absolute atomic E-state index is 6.13. The third-order valence-corrected chi connectivity index (χ3v) is 4.35. The lowest BCUT2D eigenvalue weighted by Gasteiger charge is -2.28. The molecule has 0 atom stereocenters. The molecule has 0 bridgehead atoms. The summed E-state index contributed by atoms with van der Waals surface area (Å²) in [5, 5.41) is 0. The third-order valence-electron chi connectivity index (χ3n) is 3.44. The predicted molar refractivity (Wildman–Crippen MR) is 75.7 cm³/mol. The predicted octanol–water partition coefficient (Wildman–Crippen LogP) is 5.15. The molecule has 1 nitrogen and oxygen atoms in total. The van der Waals surface area contributed by atoms with Gasteiger partial charge in [0, 0.05) is 5.56 Å². The van der Waals surface area contributed by atoms with Crippen molar-refractivity contribution in [2.45, 2.75) is 44.6 Å². The molecular weight excluding hydrogens is 300 g/mol. The van der Waals surface area contributed by atoms with E-state index in [1.807, 2.05) is 18.2 Å². The fraction of sp³-hybridized carbons (Fsp3) is 0.571. The Balaban J connectivity index is 2.07. The topological polar surface area (TPSA) is 9.23 Å². The van der Waals surface area contributed by atoms with E-state index in [4.69, 9.17) is 16.3 Å². The lowest BCUT2D eigenvalue weighted by molar-refractivity contribution is 0.133. The van der Waals surface area contributed by atoms with Crippen molar-refractivity contribution >= 4 is 27.5 Å². The zero-order chi connectivity index (χ0) is 12.3. The Morgan fingerprint density at radius 2 is 2.00 bits per heavy atom. The molecule has 1 fully saturated rings. The van der Waals surface area contributed by atoms with E-state index in [0.29, 0.717) is 12.0 Å². The number of benzene rings is 1. The Labute approximate surface area is 117 Å². The van der Waals surface area contributed by atoms with E-state index in [-0.39, 0.29) is 0 Å².